The average Bonchev–Trinajstić information content (AvgIpc) is 2.95. The van der Waals surface area contributed by atoms with E-state index < -0.39 is 11.9 Å². The van der Waals surface area contributed by atoms with E-state index >= 15 is 0 Å². The van der Waals surface area contributed by atoms with E-state index in [0.717, 1.165) is 22.3 Å². The van der Waals surface area contributed by atoms with Crippen molar-refractivity contribution < 1.29 is 19.8 Å². The zero-order valence-corrected chi connectivity index (χ0v) is 20.5. The Labute approximate surface area is 220 Å². The summed E-state index contributed by atoms with van der Waals surface area (Å²) in [6.45, 7) is 0. The molecule has 0 aromatic heterocycles. The first-order valence-corrected chi connectivity index (χ1v) is 12.2. The minimum atomic E-state index is -1.09. The highest BCUT2D eigenvalue weighted by atomic mass is 16.4. The van der Waals surface area contributed by atoms with Crippen LogP contribution in [0.15, 0.2) is 132 Å². The van der Waals surface area contributed by atoms with Gasteiger partial charge in [-0.25, -0.2) is 9.59 Å². The van der Waals surface area contributed by atoms with E-state index in [9.17, 15) is 19.8 Å². The van der Waals surface area contributed by atoms with Gasteiger partial charge in [-0.3, -0.25) is 0 Å². The van der Waals surface area contributed by atoms with Crippen LogP contribution < -0.4 is 10.6 Å². The normalized spacial score (nSPS) is 13.3. The molecule has 38 heavy (non-hydrogen) atoms. The van der Waals surface area contributed by atoms with Gasteiger partial charge in [-0.2, -0.15) is 0 Å². The van der Waals surface area contributed by atoms with Crippen molar-refractivity contribution in [3.05, 3.63) is 132 Å². The number of benzene rings is 4. The SMILES string of the molecule is O=C(O)C1=C(Nc2ccc(-c3ccccc3)cc2)CC(C(=O)O)=C(Nc2ccc(-c3ccccc3)cc2)C1. The number of hydrogen-bond acceptors (Lipinski definition) is 4. The van der Waals surface area contributed by atoms with Crippen molar-refractivity contribution in [1.29, 1.82) is 0 Å². The van der Waals surface area contributed by atoms with Crippen molar-refractivity contribution in [2.24, 2.45) is 0 Å². The molecule has 0 radical (unpaired) electrons. The molecule has 0 bridgehead atoms. The first-order valence-electron chi connectivity index (χ1n) is 12.2. The van der Waals surface area contributed by atoms with E-state index in [0.29, 0.717) is 22.8 Å². The molecule has 4 aromatic rings. The molecule has 4 aromatic carbocycles. The summed E-state index contributed by atoms with van der Waals surface area (Å²) >= 11 is 0. The fourth-order valence-electron chi connectivity index (χ4n) is 4.53. The molecule has 0 unspecified atom stereocenters. The van der Waals surface area contributed by atoms with E-state index in [1.54, 1.807) is 0 Å². The summed E-state index contributed by atoms with van der Waals surface area (Å²) < 4.78 is 0. The lowest BCUT2D eigenvalue weighted by Gasteiger charge is -2.24. The molecule has 0 heterocycles. The molecule has 0 spiro atoms. The van der Waals surface area contributed by atoms with Crippen molar-refractivity contribution in [1.82, 2.24) is 0 Å². The summed E-state index contributed by atoms with van der Waals surface area (Å²) in [6, 6.07) is 35.1. The Balaban J connectivity index is 1.36. The fourth-order valence-corrected chi connectivity index (χ4v) is 4.53. The highest BCUT2D eigenvalue weighted by Gasteiger charge is 2.28. The second kappa shape index (κ2) is 10.9. The van der Waals surface area contributed by atoms with Gasteiger partial charge in [0.1, 0.15) is 0 Å². The number of nitrogens with one attached hydrogen (secondary N) is 2. The molecule has 1 aliphatic carbocycles. The summed E-state index contributed by atoms with van der Waals surface area (Å²) in [5, 5.41) is 26.2. The largest absolute Gasteiger partial charge is 0.478 e. The van der Waals surface area contributed by atoms with Crippen molar-refractivity contribution in [3.8, 4) is 22.3 Å². The number of aliphatic carboxylic acids is 2. The average molecular weight is 503 g/mol. The van der Waals surface area contributed by atoms with Crippen molar-refractivity contribution >= 4 is 23.3 Å². The summed E-state index contributed by atoms with van der Waals surface area (Å²) in [5.74, 6) is -2.17. The minimum absolute atomic E-state index is 0.0398. The Kier molecular flexibility index (Phi) is 7.04. The fraction of sp³-hybridized carbons (Fsp3) is 0.0625. The second-order valence-electron chi connectivity index (χ2n) is 9.01. The molecule has 5 rings (SSSR count). The molecule has 0 saturated carbocycles. The molecule has 6 nitrogen and oxygen atoms in total. The number of carboxylic acids is 2. The molecule has 1 aliphatic rings. The first kappa shape index (κ1) is 24.6. The number of anilines is 2. The summed E-state index contributed by atoms with van der Waals surface area (Å²) in [4.78, 5) is 24.3. The Hall–Kier alpha value is -5.10. The van der Waals surface area contributed by atoms with Crippen molar-refractivity contribution in [3.63, 3.8) is 0 Å². The number of carbonyl (C=O) groups is 2. The van der Waals surface area contributed by atoms with Crippen molar-refractivity contribution in [2.45, 2.75) is 12.8 Å². The molecule has 0 fully saturated rings. The monoisotopic (exact) mass is 502 g/mol. The molecular formula is C32H26N2O4. The number of carboxylic acid groups (broad SMARTS) is 2. The maximum absolute atomic E-state index is 12.2. The van der Waals surface area contributed by atoms with Gasteiger partial charge in [-0.05, 0) is 46.5 Å². The molecule has 0 saturated heterocycles. The van der Waals surface area contributed by atoms with E-state index in [-0.39, 0.29) is 24.0 Å². The lowest BCUT2D eigenvalue weighted by atomic mass is 9.92. The van der Waals surface area contributed by atoms with Crippen LogP contribution in [0.25, 0.3) is 22.3 Å². The van der Waals surface area contributed by atoms with E-state index in [2.05, 4.69) is 10.6 Å². The molecule has 0 amide bonds. The second-order valence-corrected chi connectivity index (χ2v) is 9.01. The zero-order valence-electron chi connectivity index (χ0n) is 20.5. The van der Waals surface area contributed by atoms with Gasteiger partial charge in [0.05, 0.1) is 11.1 Å². The van der Waals surface area contributed by atoms with Gasteiger partial charge in [-0.1, -0.05) is 84.9 Å². The van der Waals surface area contributed by atoms with Crippen LogP contribution in [0.1, 0.15) is 12.8 Å². The maximum Gasteiger partial charge on any atom is 0.333 e. The third-order valence-electron chi connectivity index (χ3n) is 6.53. The number of rotatable bonds is 8. The predicted molar refractivity (Wildman–Crippen MR) is 150 cm³/mol. The van der Waals surface area contributed by atoms with Gasteiger partial charge >= 0.3 is 11.9 Å². The van der Waals surface area contributed by atoms with E-state index in [1.807, 2.05) is 109 Å². The zero-order chi connectivity index (χ0) is 26.5. The van der Waals surface area contributed by atoms with Gasteiger partial charge in [0.15, 0.2) is 0 Å². The molecule has 0 atom stereocenters. The lowest BCUT2D eigenvalue weighted by molar-refractivity contribution is -0.134. The molecule has 0 aliphatic heterocycles. The summed E-state index contributed by atoms with van der Waals surface area (Å²) in [5.41, 5.74) is 6.59. The van der Waals surface area contributed by atoms with Gasteiger partial charge in [0, 0.05) is 35.6 Å². The first-order chi connectivity index (χ1) is 18.5. The molecule has 6 heteroatoms. The molecule has 4 N–H and O–H groups in total. The third-order valence-corrected chi connectivity index (χ3v) is 6.53. The van der Waals surface area contributed by atoms with Gasteiger partial charge < -0.3 is 20.8 Å². The van der Waals surface area contributed by atoms with Crippen LogP contribution in [0.2, 0.25) is 0 Å². The Bertz CT molecular complexity index is 1400. The van der Waals surface area contributed by atoms with Gasteiger partial charge in [0.2, 0.25) is 0 Å². The Morgan fingerprint density at radius 3 is 1.11 bits per heavy atom. The standard InChI is InChI=1S/C32H26N2O4/c35-31(36)27-20-30(34-26-17-13-24(14-18-26)22-9-5-2-6-10-22)28(32(37)38)19-29(27)33-25-15-11-23(12-16-25)21-7-3-1-4-8-21/h1-18,33-34H,19-20H2,(H,35,36)(H,37,38). The Morgan fingerprint density at radius 1 is 0.474 bits per heavy atom. The Morgan fingerprint density at radius 2 is 0.789 bits per heavy atom. The van der Waals surface area contributed by atoms with E-state index in [4.69, 9.17) is 0 Å². The highest BCUT2D eigenvalue weighted by molar-refractivity contribution is 5.95. The van der Waals surface area contributed by atoms with Crippen LogP contribution in [0.5, 0.6) is 0 Å². The third kappa shape index (κ3) is 5.50. The van der Waals surface area contributed by atoms with Gasteiger partial charge in [0.25, 0.3) is 0 Å². The van der Waals surface area contributed by atoms with Crippen LogP contribution in [0.4, 0.5) is 11.4 Å². The van der Waals surface area contributed by atoms with E-state index in [1.165, 1.54) is 0 Å². The van der Waals surface area contributed by atoms with Gasteiger partial charge in [-0.15, -0.1) is 0 Å². The number of hydrogen-bond donors (Lipinski definition) is 4. The minimum Gasteiger partial charge on any atom is -0.478 e. The van der Waals surface area contributed by atoms with Crippen LogP contribution in [0.3, 0.4) is 0 Å². The van der Waals surface area contributed by atoms with Crippen molar-refractivity contribution in [2.75, 3.05) is 10.6 Å². The smallest absolute Gasteiger partial charge is 0.333 e. The topological polar surface area (TPSA) is 98.7 Å². The lowest BCUT2D eigenvalue weighted by Crippen LogP contribution is -2.23. The summed E-state index contributed by atoms with van der Waals surface area (Å²) in [6.07, 6.45) is -0.0797. The molecule has 188 valence electrons. The maximum atomic E-state index is 12.2. The highest BCUT2D eigenvalue weighted by Crippen LogP contribution is 2.33. The predicted octanol–water partition coefficient (Wildman–Crippen LogP) is 7.02. The van der Waals surface area contributed by atoms with Crippen LogP contribution >= 0.6 is 0 Å². The van der Waals surface area contributed by atoms with Crippen LogP contribution in [-0.2, 0) is 9.59 Å². The quantitative estimate of drug-likeness (QED) is 0.207. The molecular weight excluding hydrogens is 476 g/mol. The number of allylic oxidation sites excluding steroid dienone is 2. The summed E-state index contributed by atoms with van der Waals surface area (Å²) in [7, 11) is 0. The van der Waals surface area contributed by atoms with Crippen LogP contribution in [0, 0.1) is 0 Å². The van der Waals surface area contributed by atoms with Crippen LogP contribution in [-0.4, -0.2) is 22.2 Å².